The fourth-order valence-corrected chi connectivity index (χ4v) is 4.51. The van der Waals surface area contributed by atoms with Gasteiger partial charge in [0, 0.05) is 24.3 Å². The number of nitro benzene ring substituents is 2. The average molecular weight is 498 g/mol. The van der Waals surface area contributed by atoms with Gasteiger partial charge in [0.15, 0.2) is 0 Å². The molecule has 4 rings (SSSR count). The summed E-state index contributed by atoms with van der Waals surface area (Å²) < 4.78 is 38.3. The lowest BCUT2D eigenvalue weighted by molar-refractivity contribution is -0.385. The fraction of sp³-hybridized carbons (Fsp3) is 0.136. The van der Waals surface area contributed by atoms with E-state index in [9.17, 15) is 28.6 Å². The highest BCUT2D eigenvalue weighted by Gasteiger charge is 2.25. The van der Waals surface area contributed by atoms with Crippen molar-refractivity contribution < 1.29 is 27.7 Å². The number of aryl methyl sites for hydroxylation is 1. The lowest BCUT2D eigenvalue weighted by Gasteiger charge is -2.07. The molecule has 180 valence electrons. The van der Waals surface area contributed by atoms with Crippen molar-refractivity contribution >= 4 is 32.3 Å². The maximum absolute atomic E-state index is 13.2. The molecule has 3 aromatic carbocycles. The molecule has 0 aliphatic heterocycles. The van der Waals surface area contributed by atoms with Gasteiger partial charge in [0.25, 0.3) is 21.4 Å². The summed E-state index contributed by atoms with van der Waals surface area (Å²) in [6.07, 6.45) is 0. The highest BCUT2D eigenvalue weighted by atomic mass is 32.2. The molecule has 1 heterocycles. The van der Waals surface area contributed by atoms with Crippen LogP contribution in [0.1, 0.15) is 5.56 Å². The Bertz CT molecular complexity index is 1510. The second-order valence-electron chi connectivity index (χ2n) is 7.37. The quantitative estimate of drug-likeness (QED) is 0.190. The molecule has 0 saturated carbocycles. The van der Waals surface area contributed by atoms with E-state index in [0.29, 0.717) is 5.75 Å². The zero-order valence-corrected chi connectivity index (χ0v) is 19.0. The third-order valence-electron chi connectivity index (χ3n) is 4.99. The molecular weight excluding hydrogens is 480 g/mol. The molecular formula is C22H18N4O8S. The Kier molecular flexibility index (Phi) is 6.34. The van der Waals surface area contributed by atoms with Gasteiger partial charge >= 0.3 is 0 Å². The predicted molar refractivity (Wildman–Crippen MR) is 124 cm³/mol. The summed E-state index contributed by atoms with van der Waals surface area (Å²) in [5, 5.41) is 26.2. The molecule has 0 saturated heterocycles. The van der Waals surface area contributed by atoms with Gasteiger partial charge in [0.2, 0.25) is 5.88 Å². The zero-order valence-electron chi connectivity index (χ0n) is 18.2. The van der Waals surface area contributed by atoms with E-state index < -0.39 is 19.9 Å². The first-order chi connectivity index (χ1) is 16.7. The van der Waals surface area contributed by atoms with Gasteiger partial charge in [-0.2, -0.15) is 8.42 Å². The molecule has 0 spiro atoms. The van der Waals surface area contributed by atoms with Gasteiger partial charge in [-0.25, -0.2) is 0 Å². The monoisotopic (exact) mass is 498 g/mol. The molecule has 0 aliphatic carbocycles. The second kappa shape index (κ2) is 9.38. The van der Waals surface area contributed by atoms with E-state index in [-0.39, 0.29) is 46.3 Å². The van der Waals surface area contributed by atoms with Crippen LogP contribution < -0.4 is 9.47 Å². The zero-order chi connectivity index (χ0) is 25.2. The van der Waals surface area contributed by atoms with Crippen molar-refractivity contribution in [2.45, 2.75) is 11.8 Å². The van der Waals surface area contributed by atoms with E-state index in [4.69, 9.17) is 9.47 Å². The SMILES string of the molecule is Cc1ccc(S(=O)(=O)n2nc(OCCOc3ccc([N+](=O)[O-])cc3)c3cc([N+](=O)[O-])ccc32)cc1. The molecule has 0 N–H and O–H groups in total. The Morgan fingerprint density at radius 3 is 2.09 bits per heavy atom. The summed E-state index contributed by atoms with van der Waals surface area (Å²) in [4.78, 5) is 20.8. The summed E-state index contributed by atoms with van der Waals surface area (Å²) in [7, 11) is -4.11. The summed E-state index contributed by atoms with van der Waals surface area (Å²) in [5.74, 6) is 0.249. The van der Waals surface area contributed by atoms with Gasteiger partial charge in [-0.3, -0.25) is 20.2 Å². The molecule has 0 radical (unpaired) electrons. The number of non-ortho nitro benzene ring substituents is 2. The topological polar surface area (TPSA) is 157 Å². The van der Waals surface area contributed by atoms with E-state index >= 15 is 0 Å². The van der Waals surface area contributed by atoms with Gasteiger partial charge in [0.05, 0.1) is 25.6 Å². The largest absolute Gasteiger partial charge is 0.490 e. The van der Waals surface area contributed by atoms with Crippen LogP contribution in [0.15, 0.2) is 71.6 Å². The van der Waals surface area contributed by atoms with Crippen LogP contribution in [0.5, 0.6) is 11.6 Å². The van der Waals surface area contributed by atoms with E-state index in [1.54, 1.807) is 12.1 Å². The predicted octanol–water partition coefficient (Wildman–Crippen LogP) is 3.86. The lowest BCUT2D eigenvalue weighted by atomic mass is 10.2. The van der Waals surface area contributed by atoms with E-state index in [0.717, 1.165) is 9.65 Å². The third-order valence-corrected chi connectivity index (χ3v) is 6.60. The van der Waals surface area contributed by atoms with E-state index in [1.165, 1.54) is 54.6 Å². The number of hydrogen-bond donors (Lipinski definition) is 0. The van der Waals surface area contributed by atoms with Crippen LogP contribution in [0.4, 0.5) is 11.4 Å². The Hall–Kier alpha value is -4.52. The van der Waals surface area contributed by atoms with Crippen LogP contribution >= 0.6 is 0 Å². The molecule has 0 unspecified atom stereocenters. The molecule has 0 fully saturated rings. The van der Waals surface area contributed by atoms with Crippen molar-refractivity contribution in [1.82, 2.24) is 9.19 Å². The number of aromatic nitrogens is 2. The maximum Gasteiger partial charge on any atom is 0.283 e. The van der Waals surface area contributed by atoms with Crippen molar-refractivity contribution in [1.29, 1.82) is 0 Å². The van der Waals surface area contributed by atoms with Gasteiger partial charge < -0.3 is 9.47 Å². The minimum atomic E-state index is -4.11. The second-order valence-corrected chi connectivity index (χ2v) is 9.14. The average Bonchev–Trinajstić information content (AvgIpc) is 3.21. The number of rotatable bonds is 9. The van der Waals surface area contributed by atoms with Crippen molar-refractivity contribution in [2.24, 2.45) is 0 Å². The Balaban J connectivity index is 1.60. The first-order valence-corrected chi connectivity index (χ1v) is 11.6. The Labute approximate surface area is 198 Å². The molecule has 0 bridgehead atoms. The van der Waals surface area contributed by atoms with E-state index in [2.05, 4.69) is 5.10 Å². The van der Waals surface area contributed by atoms with Crippen LogP contribution in [0.25, 0.3) is 10.9 Å². The molecule has 12 nitrogen and oxygen atoms in total. The first-order valence-electron chi connectivity index (χ1n) is 10.2. The number of ether oxygens (including phenoxy) is 2. The Morgan fingerprint density at radius 2 is 1.46 bits per heavy atom. The highest BCUT2D eigenvalue weighted by Crippen LogP contribution is 2.31. The van der Waals surface area contributed by atoms with Crippen molar-refractivity contribution in [3.8, 4) is 11.6 Å². The molecule has 35 heavy (non-hydrogen) atoms. The summed E-state index contributed by atoms with van der Waals surface area (Å²) in [6.45, 7) is 1.76. The smallest absolute Gasteiger partial charge is 0.283 e. The number of benzene rings is 3. The minimum absolute atomic E-state index is 0.00101. The summed E-state index contributed by atoms with van der Waals surface area (Å²) in [5.41, 5.74) is 0.656. The van der Waals surface area contributed by atoms with Crippen molar-refractivity contribution in [3.05, 3.63) is 92.5 Å². The number of nitrogens with zero attached hydrogens (tertiary/aromatic N) is 4. The van der Waals surface area contributed by atoms with Crippen LogP contribution in [-0.2, 0) is 10.0 Å². The van der Waals surface area contributed by atoms with Gasteiger partial charge in [-0.05, 0) is 37.3 Å². The highest BCUT2D eigenvalue weighted by molar-refractivity contribution is 7.90. The van der Waals surface area contributed by atoms with Crippen LogP contribution in [0.3, 0.4) is 0 Å². The summed E-state index contributed by atoms with van der Waals surface area (Å²) in [6, 6.07) is 15.3. The molecule has 13 heteroatoms. The number of hydrogen-bond acceptors (Lipinski definition) is 9. The van der Waals surface area contributed by atoms with Crippen molar-refractivity contribution in [2.75, 3.05) is 13.2 Å². The molecule has 1 aromatic heterocycles. The number of fused-ring (bicyclic) bond motifs is 1. The number of nitro groups is 2. The normalized spacial score (nSPS) is 11.3. The maximum atomic E-state index is 13.2. The third kappa shape index (κ3) is 4.89. The molecule has 0 atom stereocenters. The summed E-state index contributed by atoms with van der Waals surface area (Å²) >= 11 is 0. The standard InChI is InChI=1S/C22H18N4O8S/c1-15-2-9-19(10-3-15)35(31,32)24-21-11-6-17(26(29)30)14-20(21)22(23-24)34-13-12-33-18-7-4-16(5-8-18)25(27)28/h2-11,14H,12-13H2,1H3. The molecule has 0 aliphatic rings. The van der Waals surface area contributed by atoms with E-state index in [1.807, 2.05) is 6.92 Å². The van der Waals surface area contributed by atoms with Crippen LogP contribution in [0, 0.1) is 27.2 Å². The van der Waals surface area contributed by atoms with Crippen molar-refractivity contribution in [3.63, 3.8) is 0 Å². The molecule has 0 amide bonds. The molecule has 4 aromatic rings. The van der Waals surface area contributed by atoms with Gasteiger partial charge in [-0.15, -0.1) is 9.19 Å². The van der Waals surface area contributed by atoms with Crippen LogP contribution in [0.2, 0.25) is 0 Å². The van der Waals surface area contributed by atoms with Gasteiger partial charge in [-0.1, -0.05) is 17.7 Å². The Morgan fingerprint density at radius 1 is 0.857 bits per heavy atom. The fourth-order valence-electron chi connectivity index (χ4n) is 3.23. The van der Waals surface area contributed by atoms with Gasteiger partial charge in [0.1, 0.15) is 19.0 Å². The first kappa shape index (κ1) is 23.6. The lowest BCUT2D eigenvalue weighted by Crippen LogP contribution is -2.15. The minimum Gasteiger partial charge on any atom is -0.490 e. The van der Waals surface area contributed by atoms with Crippen LogP contribution in [-0.4, -0.2) is 40.7 Å².